The molecular weight excluding hydrogens is 659 g/mol. The minimum atomic E-state index is -4.23. The van der Waals surface area contributed by atoms with Gasteiger partial charge in [0, 0.05) is 19.0 Å². The monoisotopic (exact) mass is 703 g/mol. The van der Waals surface area contributed by atoms with Crippen molar-refractivity contribution in [3.8, 4) is 11.5 Å². The maximum absolute atomic E-state index is 14.7. The lowest BCUT2D eigenvalue weighted by Crippen LogP contribution is -2.54. The van der Waals surface area contributed by atoms with Gasteiger partial charge >= 0.3 is 0 Å². The Balaban J connectivity index is 1.56. The summed E-state index contributed by atoms with van der Waals surface area (Å²) in [6.45, 7) is 7.33. The molecule has 8 nitrogen and oxygen atoms in total. The number of carbonyl (C=O) groups is 2. The highest BCUT2D eigenvalue weighted by Crippen LogP contribution is 2.29. The Kier molecular flexibility index (Phi) is 12.3. The Hall–Kier alpha value is -5.41. The van der Waals surface area contributed by atoms with Crippen molar-refractivity contribution in [3.05, 3.63) is 156 Å². The Bertz CT molecular complexity index is 1980. The molecule has 264 valence electrons. The lowest BCUT2D eigenvalue weighted by Gasteiger charge is -2.34. The van der Waals surface area contributed by atoms with E-state index in [1.807, 2.05) is 113 Å². The fourth-order valence-electron chi connectivity index (χ4n) is 5.56. The van der Waals surface area contributed by atoms with Gasteiger partial charge < -0.3 is 15.0 Å². The molecule has 0 heterocycles. The predicted molar refractivity (Wildman–Crippen MR) is 202 cm³/mol. The molecule has 0 radical (unpaired) electrons. The van der Waals surface area contributed by atoms with Gasteiger partial charge in [-0.3, -0.25) is 13.9 Å². The molecule has 0 fully saturated rings. The van der Waals surface area contributed by atoms with Crippen LogP contribution >= 0.6 is 0 Å². The number of para-hydroxylation sites is 1. The second-order valence-corrected chi connectivity index (χ2v) is 14.6. The van der Waals surface area contributed by atoms with Crippen molar-refractivity contribution in [1.82, 2.24) is 10.2 Å². The van der Waals surface area contributed by atoms with Crippen LogP contribution in [0.5, 0.6) is 11.5 Å². The van der Waals surface area contributed by atoms with Crippen LogP contribution in [0.2, 0.25) is 0 Å². The van der Waals surface area contributed by atoms with Gasteiger partial charge in [-0.05, 0) is 86.8 Å². The van der Waals surface area contributed by atoms with Crippen molar-refractivity contribution >= 4 is 27.5 Å². The van der Waals surface area contributed by atoms with E-state index < -0.39 is 28.5 Å². The van der Waals surface area contributed by atoms with Crippen molar-refractivity contribution in [1.29, 1.82) is 0 Å². The standard InChI is InChI=1S/C42H45N3O5S/c1-5-33(4)43-42(47)40(28-34-12-8-6-9-13-34)44(29-35-20-16-31(2)17-21-35)41(46)30-45(51(48,49)39-26-18-32(3)19-27-39)36-22-24-38(25-23-36)50-37-14-10-7-11-15-37/h6-27,33,40H,5,28-30H2,1-4H3,(H,43,47)/t33-,40-/m0/s1. The molecule has 2 atom stereocenters. The normalized spacial score (nSPS) is 12.4. The average Bonchev–Trinajstić information content (AvgIpc) is 3.14. The first-order valence-electron chi connectivity index (χ1n) is 17.1. The second-order valence-electron chi connectivity index (χ2n) is 12.8. The van der Waals surface area contributed by atoms with E-state index in [-0.39, 0.29) is 35.5 Å². The molecule has 5 aromatic rings. The first-order chi connectivity index (χ1) is 24.5. The topological polar surface area (TPSA) is 96.0 Å². The number of benzene rings is 5. The molecular formula is C42H45N3O5S. The minimum absolute atomic E-state index is 0.0472. The van der Waals surface area contributed by atoms with Gasteiger partial charge in [0.2, 0.25) is 11.8 Å². The van der Waals surface area contributed by atoms with Crippen LogP contribution in [0.3, 0.4) is 0 Å². The van der Waals surface area contributed by atoms with E-state index >= 15 is 0 Å². The highest BCUT2D eigenvalue weighted by molar-refractivity contribution is 7.92. The third-order valence-electron chi connectivity index (χ3n) is 8.74. The Labute approximate surface area is 301 Å². The zero-order chi connectivity index (χ0) is 36.4. The van der Waals surface area contributed by atoms with Crippen molar-refractivity contribution in [2.45, 2.75) is 64.1 Å². The third kappa shape index (κ3) is 9.86. The van der Waals surface area contributed by atoms with Crippen molar-refractivity contribution < 1.29 is 22.7 Å². The van der Waals surface area contributed by atoms with Gasteiger partial charge in [-0.15, -0.1) is 0 Å². The number of rotatable bonds is 15. The van der Waals surface area contributed by atoms with Gasteiger partial charge in [-0.1, -0.05) is 103 Å². The molecule has 5 rings (SSSR count). The fourth-order valence-corrected chi connectivity index (χ4v) is 6.97. The second kappa shape index (κ2) is 17.0. The molecule has 0 spiro atoms. The zero-order valence-electron chi connectivity index (χ0n) is 29.5. The number of ether oxygens (including phenoxy) is 1. The summed E-state index contributed by atoms with van der Waals surface area (Å²) in [5.74, 6) is 0.325. The molecule has 5 aromatic carbocycles. The van der Waals surface area contributed by atoms with Crippen LogP contribution in [0.1, 0.15) is 42.5 Å². The van der Waals surface area contributed by atoms with Crippen LogP contribution in [0.4, 0.5) is 5.69 Å². The molecule has 9 heteroatoms. The first-order valence-corrected chi connectivity index (χ1v) is 18.6. The molecule has 0 aliphatic carbocycles. The maximum atomic E-state index is 14.7. The molecule has 0 bridgehead atoms. The van der Waals surface area contributed by atoms with Crippen molar-refractivity contribution in [3.63, 3.8) is 0 Å². The third-order valence-corrected chi connectivity index (χ3v) is 10.5. The number of anilines is 1. The summed E-state index contributed by atoms with van der Waals surface area (Å²) in [4.78, 5) is 30.4. The SMILES string of the molecule is CC[C@H](C)NC(=O)[C@H](Cc1ccccc1)N(Cc1ccc(C)cc1)C(=O)CN(c1ccc(Oc2ccccc2)cc1)S(=O)(=O)c1ccc(C)cc1. The summed E-state index contributed by atoms with van der Waals surface area (Å²) in [6.07, 6.45) is 0.958. The lowest BCUT2D eigenvalue weighted by atomic mass is 10.0. The molecule has 2 amide bonds. The van der Waals surface area contributed by atoms with Crippen LogP contribution < -0.4 is 14.4 Å². The van der Waals surface area contributed by atoms with E-state index in [2.05, 4.69) is 5.32 Å². The van der Waals surface area contributed by atoms with E-state index in [1.165, 1.54) is 17.0 Å². The van der Waals surface area contributed by atoms with E-state index in [1.54, 1.807) is 36.4 Å². The van der Waals surface area contributed by atoms with E-state index in [9.17, 15) is 18.0 Å². The summed E-state index contributed by atoms with van der Waals surface area (Å²) in [7, 11) is -4.23. The summed E-state index contributed by atoms with van der Waals surface area (Å²) >= 11 is 0. The largest absolute Gasteiger partial charge is 0.457 e. The van der Waals surface area contributed by atoms with Gasteiger partial charge in [0.15, 0.2) is 0 Å². The number of nitrogens with zero attached hydrogens (tertiary/aromatic N) is 2. The number of sulfonamides is 1. The van der Waals surface area contributed by atoms with Gasteiger partial charge in [0.25, 0.3) is 10.0 Å². The molecule has 0 aliphatic rings. The smallest absolute Gasteiger partial charge is 0.264 e. The van der Waals surface area contributed by atoms with Crippen LogP contribution in [0.15, 0.2) is 138 Å². The molecule has 1 N–H and O–H groups in total. The summed E-state index contributed by atoms with van der Waals surface area (Å²) < 4.78 is 35.9. The molecule has 0 saturated heterocycles. The quantitative estimate of drug-likeness (QED) is 0.120. The first kappa shape index (κ1) is 36.9. The molecule has 0 unspecified atom stereocenters. The Morgan fingerprint density at radius 1 is 0.706 bits per heavy atom. The number of aryl methyl sites for hydroxylation is 2. The van der Waals surface area contributed by atoms with Gasteiger partial charge in [-0.2, -0.15) is 0 Å². The molecule has 0 aromatic heterocycles. The predicted octanol–water partition coefficient (Wildman–Crippen LogP) is 7.85. The molecule has 0 aliphatic heterocycles. The van der Waals surface area contributed by atoms with E-state index in [0.717, 1.165) is 26.6 Å². The molecule has 0 saturated carbocycles. The van der Waals surface area contributed by atoms with Crippen LogP contribution in [-0.4, -0.2) is 43.8 Å². The number of amides is 2. The Morgan fingerprint density at radius 3 is 1.84 bits per heavy atom. The Morgan fingerprint density at radius 2 is 1.25 bits per heavy atom. The van der Waals surface area contributed by atoms with E-state index in [0.29, 0.717) is 17.9 Å². The minimum Gasteiger partial charge on any atom is -0.457 e. The van der Waals surface area contributed by atoms with Gasteiger partial charge in [0.05, 0.1) is 10.6 Å². The molecule has 51 heavy (non-hydrogen) atoms. The number of hydrogen-bond acceptors (Lipinski definition) is 5. The highest BCUT2D eigenvalue weighted by atomic mass is 32.2. The number of nitrogens with one attached hydrogen (secondary N) is 1. The van der Waals surface area contributed by atoms with E-state index in [4.69, 9.17) is 4.74 Å². The lowest BCUT2D eigenvalue weighted by molar-refractivity contribution is -0.140. The van der Waals surface area contributed by atoms with Crippen LogP contribution in [0.25, 0.3) is 0 Å². The van der Waals surface area contributed by atoms with Gasteiger partial charge in [0.1, 0.15) is 24.1 Å². The van der Waals surface area contributed by atoms with Gasteiger partial charge in [-0.25, -0.2) is 8.42 Å². The highest BCUT2D eigenvalue weighted by Gasteiger charge is 2.35. The zero-order valence-corrected chi connectivity index (χ0v) is 30.3. The van der Waals surface area contributed by atoms with Crippen LogP contribution in [0, 0.1) is 13.8 Å². The summed E-state index contributed by atoms with van der Waals surface area (Å²) in [5, 5.41) is 3.07. The maximum Gasteiger partial charge on any atom is 0.264 e. The van der Waals surface area contributed by atoms with Crippen molar-refractivity contribution in [2.24, 2.45) is 0 Å². The summed E-state index contributed by atoms with van der Waals surface area (Å²) in [5.41, 5.74) is 3.94. The van der Waals surface area contributed by atoms with Crippen LogP contribution in [-0.2, 0) is 32.6 Å². The summed E-state index contributed by atoms with van der Waals surface area (Å²) in [6, 6.07) is 38.6. The number of carbonyl (C=O) groups excluding carboxylic acids is 2. The fraction of sp³-hybridized carbons (Fsp3) is 0.238. The number of hydrogen-bond donors (Lipinski definition) is 1. The van der Waals surface area contributed by atoms with Crippen molar-refractivity contribution in [2.75, 3.05) is 10.8 Å². The average molecular weight is 704 g/mol.